The molecule has 0 unspecified atom stereocenters. The molecule has 3 aromatic rings. The Hall–Kier alpha value is -4.41. The van der Waals surface area contributed by atoms with Crippen molar-refractivity contribution in [2.75, 3.05) is 65.3 Å². The van der Waals surface area contributed by atoms with Gasteiger partial charge in [-0.2, -0.15) is 0 Å². The summed E-state index contributed by atoms with van der Waals surface area (Å²) in [6.45, 7) is 3.97. The number of hydrogen-bond donors (Lipinski definition) is 2. The number of amides is 3. The normalized spacial score (nSPS) is 17.8. The Bertz CT molecular complexity index is 1360. The largest absolute Gasteiger partial charge is 0.497 e. The Balaban J connectivity index is 1.21. The van der Waals surface area contributed by atoms with Gasteiger partial charge in [0.2, 0.25) is 17.7 Å². The van der Waals surface area contributed by atoms with Crippen molar-refractivity contribution in [3.05, 3.63) is 90.0 Å². The van der Waals surface area contributed by atoms with Crippen LogP contribution in [0.15, 0.2) is 78.9 Å². The van der Waals surface area contributed by atoms with Crippen LogP contribution in [-0.4, -0.2) is 98.5 Å². The van der Waals surface area contributed by atoms with Crippen molar-refractivity contribution >= 4 is 23.4 Å². The third-order valence-electron chi connectivity index (χ3n) is 8.07. The highest BCUT2D eigenvalue weighted by Gasteiger charge is 2.36. The summed E-state index contributed by atoms with van der Waals surface area (Å²) in [5, 5.41) is 5.61. The molecule has 226 valence electrons. The maximum absolute atomic E-state index is 13.5. The monoisotopic (exact) mass is 585 g/mol. The Morgan fingerprint density at radius 2 is 1.53 bits per heavy atom. The fourth-order valence-electron chi connectivity index (χ4n) is 5.85. The highest BCUT2D eigenvalue weighted by molar-refractivity contribution is 5.98. The Morgan fingerprint density at radius 1 is 0.884 bits per heavy atom. The first kappa shape index (κ1) is 30.1. The minimum atomic E-state index is -0.889. The number of nitrogens with one attached hydrogen (secondary N) is 2. The van der Waals surface area contributed by atoms with Gasteiger partial charge in [-0.1, -0.05) is 60.7 Å². The molecule has 0 aromatic heterocycles. The van der Waals surface area contributed by atoms with E-state index in [1.54, 1.807) is 23.1 Å². The van der Waals surface area contributed by atoms with E-state index in [1.807, 2.05) is 12.1 Å². The number of piperazine rings is 2. The third kappa shape index (κ3) is 7.33. The van der Waals surface area contributed by atoms with Gasteiger partial charge < -0.3 is 25.0 Å². The zero-order valence-electron chi connectivity index (χ0n) is 24.7. The lowest BCUT2D eigenvalue weighted by atomic mass is 9.96. The van der Waals surface area contributed by atoms with Gasteiger partial charge in [-0.3, -0.25) is 24.2 Å². The number of benzene rings is 3. The zero-order valence-corrected chi connectivity index (χ0v) is 24.7. The molecule has 2 heterocycles. The number of nitrogens with zero attached hydrogens (tertiary/aromatic N) is 3. The summed E-state index contributed by atoms with van der Waals surface area (Å²) < 4.78 is 10.6. The van der Waals surface area contributed by atoms with Crippen molar-refractivity contribution in [1.82, 2.24) is 20.0 Å². The van der Waals surface area contributed by atoms with Gasteiger partial charge >= 0.3 is 0 Å². The second-order valence-corrected chi connectivity index (χ2v) is 10.7. The van der Waals surface area contributed by atoms with Gasteiger partial charge in [0.25, 0.3) is 0 Å². The van der Waals surface area contributed by atoms with Crippen LogP contribution in [0.2, 0.25) is 0 Å². The maximum atomic E-state index is 13.5. The van der Waals surface area contributed by atoms with Crippen molar-refractivity contribution < 1.29 is 23.9 Å². The topological polar surface area (TPSA) is 103 Å². The molecule has 0 spiro atoms. The highest BCUT2D eigenvalue weighted by atomic mass is 16.5. The van der Waals surface area contributed by atoms with E-state index >= 15 is 0 Å². The van der Waals surface area contributed by atoms with Crippen molar-refractivity contribution in [2.24, 2.45) is 0 Å². The standard InChI is InChI=1S/C33H39N5O5/c1-42-26-13-14-29(43-2)27(21-26)35-30(39)22-28-33(41)34-15-16-38(28)31(40)23-36-17-19-37(20-18-36)32(24-9-5-3-6-10-24)25-11-7-4-8-12-25/h3-14,21,28,32H,15-20,22-23H2,1-2H3,(H,34,41)(H,35,39)/t28-/m1/s1. The van der Waals surface area contributed by atoms with E-state index in [0.717, 1.165) is 26.2 Å². The van der Waals surface area contributed by atoms with E-state index in [-0.39, 0.29) is 30.8 Å². The molecule has 3 aromatic carbocycles. The summed E-state index contributed by atoms with van der Waals surface area (Å²) >= 11 is 0. The number of ether oxygens (including phenoxy) is 2. The van der Waals surface area contributed by atoms with Crippen LogP contribution in [0.1, 0.15) is 23.6 Å². The molecule has 10 nitrogen and oxygen atoms in total. The SMILES string of the molecule is COc1ccc(OC)c(NC(=O)C[C@@H]2C(=O)NCCN2C(=O)CN2CCN(C(c3ccccc3)c3ccccc3)CC2)c1. The summed E-state index contributed by atoms with van der Waals surface area (Å²) in [6, 6.07) is 25.3. The molecule has 2 aliphatic rings. The number of anilines is 1. The summed E-state index contributed by atoms with van der Waals surface area (Å²) in [4.78, 5) is 45.6. The van der Waals surface area contributed by atoms with Crippen LogP contribution in [-0.2, 0) is 14.4 Å². The van der Waals surface area contributed by atoms with Crippen LogP contribution in [0, 0.1) is 0 Å². The van der Waals surface area contributed by atoms with Crippen molar-refractivity contribution in [2.45, 2.75) is 18.5 Å². The molecule has 43 heavy (non-hydrogen) atoms. The van der Waals surface area contributed by atoms with Crippen LogP contribution in [0.25, 0.3) is 0 Å². The third-order valence-corrected chi connectivity index (χ3v) is 8.07. The predicted molar refractivity (Wildman–Crippen MR) is 164 cm³/mol. The van der Waals surface area contributed by atoms with Crippen LogP contribution >= 0.6 is 0 Å². The van der Waals surface area contributed by atoms with Gasteiger partial charge in [-0.05, 0) is 23.3 Å². The van der Waals surface area contributed by atoms with Crippen molar-refractivity contribution in [3.63, 3.8) is 0 Å². The molecule has 2 saturated heterocycles. The summed E-state index contributed by atoms with van der Waals surface area (Å²) in [7, 11) is 3.05. The quantitative estimate of drug-likeness (QED) is 0.377. The average Bonchev–Trinajstić information content (AvgIpc) is 3.04. The minimum Gasteiger partial charge on any atom is -0.497 e. The van der Waals surface area contributed by atoms with Gasteiger partial charge in [-0.25, -0.2) is 0 Å². The highest BCUT2D eigenvalue weighted by Crippen LogP contribution is 2.30. The number of carbonyl (C=O) groups is 3. The number of rotatable bonds is 10. The first-order valence-electron chi connectivity index (χ1n) is 14.6. The van der Waals surface area contributed by atoms with E-state index in [0.29, 0.717) is 30.3 Å². The van der Waals surface area contributed by atoms with Crippen LogP contribution in [0.5, 0.6) is 11.5 Å². The second kappa shape index (κ2) is 14.2. The molecule has 5 rings (SSSR count). The van der Waals surface area contributed by atoms with E-state index in [4.69, 9.17) is 9.47 Å². The van der Waals surface area contributed by atoms with E-state index in [9.17, 15) is 14.4 Å². The first-order chi connectivity index (χ1) is 21.0. The fourth-order valence-corrected chi connectivity index (χ4v) is 5.85. The first-order valence-corrected chi connectivity index (χ1v) is 14.6. The van der Waals surface area contributed by atoms with Crippen molar-refractivity contribution in [3.8, 4) is 11.5 Å². The number of methoxy groups -OCH3 is 2. The molecule has 0 aliphatic carbocycles. The predicted octanol–water partition coefficient (Wildman–Crippen LogP) is 2.77. The van der Waals surface area contributed by atoms with Gasteiger partial charge in [0.05, 0.1) is 38.9 Å². The molecule has 1 atom stereocenters. The molecule has 3 amide bonds. The fraction of sp³-hybridized carbons (Fsp3) is 0.364. The van der Waals surface area contributed by atoms with Gasteiger partial charge in [0.15, 0.2) is 0 Å². The Kier molecular flexibility index (Phi) is 9.91. The molecular formula is C33H39N5O5. The molecule has 2 aliphatic heterocycles. The zero-order chi connectivity index (χ0) is 30.2. The lowest BCUT2D eigenvalue weighted by molar-refractivity contribution is -0.145. The van der Waals surface area contributed by atoms with E-state index < -0.39 is 11.9 Å². The van der Waals surface area contributed by atoms with E-state index in [2.05, 4.69) is 69.0 Å². The maximum Gasteiger partial charge on any atom is 0.243 e. The number of carbonyl (C=O) groups excluding carboxylic acids is 3. The number of hydrogen-bond acceptors (Lipinski definition) is 7. The molecule has 2 N–H and O–H groups in total. The Labute approximate surface area is 252 Å². The molecule has 0 bridgehead atoms. The molecule has 2 fully saturated rings. The summed E-state index contributed by atoms with van der Waals surface area (Å²) in [5.41, 5.74) is 2.92. The van der Waals surface area contributed by atoms with Gasteiger partial charge in [-0.15, -0.1) is 0 Å². The van der Waals surface area contributed by atoms with E-state index in [1.165, 1.54) is 25.3 Å². The Morgan fingerprint density at radius 3 is 2.14 bits per heavy atom. The minimum absolute atomic E-state index is 0.136. The summed E-state index contributed by atoms with van der Waals surface area (Å²) in [6.07, 6.45) is -0.165. The molecule has 0 radical (unpaired) electrons. The molecule has 10 heteroatoms. The average molecular weight is 586 g/mol. The van der Waals surface area contributed by atoms with Crippen LogP contribution in [0.4, 0.5) is 5.69 Å². The van der Waals surface area contributed by atoms with Crippen LogP contribution in [0.3, 0.4) is 0 Å². The molecule has 0 saturated carbocycles. The lowest BCUT2D eigenvalue weighted by Gasteiger charge is -2.41. The van der Waals surface area contributed by atoms with Gasteiger partial charge in [0.1, 0.15) is 17.5 Å². The van der Waals surface area contributed by atoms with Crippen LogP contribution < -0.4 is 20.1 Å². The van der Waals surface area contributed by atoms with Gasteiger partial charge in [0, 0.05) is 45.3 Å². The molecular weight excluding hydrogens is 546 g/mol. The smallest absolute Gasteiger partial charge is 0.243 e. The summed E-state index contributed by atoms with van der Waals surface area (Å²) in [5.74, 6) is 0.153. The van der Waals surface area contributed by atoms with Crippen molar-refractivity contribution in [1.29, 1.82) is 0 Å². The lowest BCUT2D eigenvalue weighted by Crippen LogP contribution is -2.60. The second-order valence-electron chi connectivity index (χ2n) is 10.7.